The summed E-state index contributed by atoms with van der Waals surface area (Å²) >= 11 is 1.48. The summed E-state index contributed by atoms with van der Waals surface area (Å²) in [6.07, 6.45) is 5.99. The molecule has 1 fully saturated rings. The molecule has 5 nitrogen and oxygen atoms in total. The Labute approximate surface area is 247 Å². The SMILES string of the molecule is CCN1c2cc(C)c(/C=C3/SC(=Nc4ccccc4)N(CCc4c[nH]c5ccccc45)C3=O)cc2C(C)CC1(C)C. The highest BCUT2D eigenvalue weighted by Crippen LogP contribution is 2.45. The fourth-order valence-corrected chi connectivity index (χ4v) is 7.53. The van der Waals surface area contributed by atoms with Crippen LogP contribution in [0.4, 0.5) is 11.4 Å². The van der Waals surface area contributed by atoms with Gasteiger partial charge in [0.05, 0.1) is 10.6 Å². The zero-order chi connectivity index (χ0) is 28.7. The molecular weight excluding hydrogens is 524 g/mol. The van der Waals surface area contributed by atoms with Crippen molar-refractivity contribution < 1.29 is 4.79 Å². The van der Waals surface area contributed by atoms with E-state index in [9.17, 15) is 4.79 Å². The predicted octanol–water partition coefficient (Wildman–Crippen LogP) is 8.44. The van der Waals surface area contributed by atoms with Crippen molar-refractivity contribution in [2.45, 2.75) is 58.9 Å². The van der Waals surface area contributed by atoms with Crippen molar-refractivity contribution in [3.05, 3.63) is 100 Å². The molecule has 0 radical (unpaired) electrons. The van der Waals surface area contributed by atoms with Gasteiger partial charge in [0.1, 0.15) is 0 Å². The minimum atomic E-state index is 0.0195. The van der Waals surface area contributed by atoms with E-state index in [1.165, 1.54) is 39.5 Å². The largest absolute Gasteiger partial charge is 0.366 e. The van der Waals surface area contributed by atoms with E-state index in [4.69, 9.17) is 4.99 Å². The van der Waals surface area contributed by atoms with Gasteiger partial charge in [0.25, 0.3) is 5.91 Å². The lowest BCUT2D eigenvalue weighted by atomic mass is 9.79. The van der Waals surface area contributed by atoms with Gasteiger partial charge in [-0.15, -0.1) is 0 Å². The number of anilines is 1. The maximum atomic E-state index is 13.9. The number of H-pyrrole nitrogens is 1. The summed E-state index contributed by atoms with van der Waals surface area (Å²) in [5, 5.41) is 1.93. The van der Waals surface area contributed by atoms with Gasteiger partial charge in [-0.3, -0.25) is 9.69 Å². The van der Waals surface area contributed by atoms with Crippen molar-refractivity contribution in [3.8, 4) is 0 Å². The molecule has 210 valence electrons. The molecule has 0 spiro atoms. The first-order valence-electron chi connectivity index (χ1n) is 14.6. The highest BCUT2D eigenvalue weighted by molar-refractivity contribution is 8.18. The van der Waals surface area contributed by atoms with Gasteiger partial charge in [0.15, 0.2) is 5.17 Å². The molecule has 1 saturated heterocycles. The van der Waals surface area contributed by atoms with Crippen LogP contribution in [0.1, 0.15) is 62.3 Å². The van der Waals surface area contributed by atoms with Crippen LogP contribution in [0.2, 0.25) is 0 Å². The van der Waals surface area contributed by atoms with Crippen LogP contribution in [-0.2, 0) is 11.2 Å². The van der Waals surface area contributed by atoms with Crippen LogP contribution < -0.4 is 4.90 Å². The molecule has 0 saturated carbocycles. The molecule has 3 aromatic carbocycles. The number of aromatic nitrogens is 1. The van der Waals surface area contributed by atoms with Crippen molar-refractivity contribution in [2.24, 2.45) is 4.99 Å². The average molecular weight is 563 g/mol. The van der Waals surface area contributed by atoms with Gasteiger partial charge in [-0.1, -0.05) is 43.3 Å². The topological polar surface area (TPSA) is 51.7 Å². The highest BCUT2D eigenvalue weighted by Gasteiger charge is 2.37. The van der Waals surface area contributed by atoms with Crippen LogP contribution in [-0.4, -0.2) is 39.6 Å². The Balaban J connectivity index is 1.34. The number of hydrogen-bond donors (Lipinski definition) is 1. The third kappa shape index (κ3) is 5.21. The monoisotopic (exact) mass is 562 g/mol. The number of carbonyl (C=O) groups is 1. The van der Waals surface area contributed by atoms with E-state index >= 15 is 0 Å². The number of fused-ring (bicyclic) bond motifs is 2. The van der Waals surface area contributed by atoms with E-state index in [1.807, 2.05) is 41.3 Å². The molecule has 41 heavy (non-hydrogen) atoms. The summed E-state index contributed by atoms with van der Waals surface area (Å²) in [4.78, 5) is 27.3. The summed E-state index contributed by atoms with van der Waals surface area (Å²) in [6.45, 7) is 12.9. The Morgan fingerprint density at radius 3 is 2.63 bits per heavy atom. The lowest BCUT2D eigenvalue weighted by Crippen LogP contribution is -2.48. The van der Waals surface area contributed by atoms with E-state index in [0.717, 1.165) is 46.2 Å². The summed E-state index contributed by atoms with van der Waals surface area (Å²) in [7, 11) is 0. The molecule has 0 bridgehead atoms. The zero-order valence-corrected chi connectivity index (χ0v) is 25.4. The predicted molar refractivity (Wildman–Crippen MR) is 174 cm³/mol. The Hall–Kier alpha value is -3.77. The van der Waals surface area contributed by atoms with Gasteiger partial charge >= 0.3 is 0 Å². The summed E-state index contributed by atoms with van der Waals surface area (Å²) < 4.78 is 0. The third-order valence-corrected chi connectivity index (χ3v) is 9.53. The minimum absolute atomic E-state index is 0.0195. The number of para-hydroxylation sites is 2. The maximum Gasteiger partial charge on any atom is 0.266 e. The standard InChI is InChI=1S/C35H38N4OS/c1-6-39-31-18-23(2)26(19-29(31)24(3)21-35(39,4)5)20-32-33(40)38(34(41-32)37-27-12-8-7-9-13-27)17-16-25-22-36-30-15-11-10-14-28(25)30/h7-15,18-20,22,24,36H,6,16-17,21H2,1-5H3/b32-20+,37-34?. The summed E-state index contributed by atoms with van der Waals surface area (Å²) in [5.41, 5.74) is 8.29. The van der Waals surface area contributed by atoms with Crippen molar-refractivity contribution >= 4 is 51.2 Å². The molecule has 6 heteroatoms. The van der Waals surface area contributed by atoms with E-state index in [2.05, 4.69) is 87.1 Å². The molecule has 6 rings (SSSR count). The van der Waals surface area contributed by atoms with Crippen LogP contribution in [0.5, 0.6) is 0 Å². The molecule has 1 atom stereocenters. The van der Waals surface area contributed by atoms with Crippen LogP contribution in [0.3, 0.4) is 0 Å². The fourth-order valence-electron chi connectivity index (χ4n) is 6.52. The normalized spacial score (nSPS) is 20.4. The molecule has 2 aliphatic rings. The lowest BCUT2D eigenvalue weighted by molar-refractivity contribution is -0.122. The molecular formula is C35H38N4OS. The lowest BCUT2D eigenvalue weighted by Gasteiger charge is -2.47. The molecule has 1 aromatic heterocycles. The van der Waals surface area contributed by atoms with Crippen LogP contribution in [0.15, 0.2) is 82.8 Å². The third-order valence-electron chi connectivity index (χ3n) is 8.52. The summed E-state index contributed by atoms with van der Waals surface area (Å²) in [6, 6.07) is 22.8. The van der Waals surface area contributed by atoms with E-state index < -0.39 is 0 Å². The molecule has 4 aromatic rings. The Morgan fingerprint density at radius 2 is 1.85 bits per heavy atom. The number of aryl methyl sites for hydroxylation is 1. The van der Waals surface area contributed by atoms with Crippen molar-refractivity contribution in [3.63, 3.8) is 0 Å². The minimum Gasteiger partial charge on any atom is -0.366 e. The van der Waals surface area contributed by atoms with Gasteiger partial charge in [-0.25, -0.2) is 4.99 Å². The number of nitrogens with zero attached hydrogens (tertiary/aromatic N) is 3. The van der Waals surface area contributed by atoms with E-state index in [-0.39, 0.29) is 11.4 Å². The van der Waals surface area contributed by atoms with Crippen molar-refractivity contribution in [1.82, 2.24) is 9.88 Å². The smallest absolute Gasteiger partial charge is 0.266 e. The van der Waals surface area contributed by atoms with E-state index in [0.29, 0.717) is 12.5 Å². The molecule has 1 amide bonds. The molecule has 3 heterocycles. The number of benzene rings is 3. The molecule has 0 aliphatic carbocycles. The first-order valence-corrected chi connectivity index (χ1v) is 15.4. The quantitative estimate of drug-likeness (QED) is 0.240. The van der Waals surface area contributed by atoms with E-state index in [1.54, 1.807) is 0 Å². The fraction of sp³-hybridized carbons (Fsp3) is 0.314. The van der Waals surface area contributed by atoms with Crippen LogP contribution >= 0.6 is 11.8 Å². The molecule has 1 N–H and O–H groups in total. The molecule has 1 unspecified atom stereocenters. The highest BCUT2D eigenvalue weighted by atomic mass is 32.2. The number of aliphatic imine (C=N–C) groups is 1. The van der Waals surface area contributed by atoms with Gasteiger partial charge in [-0.05, 0) is 117 Å². The zero-order valence-electron chi connectivity index (χ0n) is 24.6. The Bertz CT molecular complexity index is 1670. The second-order valence-corrected chi connectivity index (χ2v) is 12.8. The number of nitrogens with one attached hydrogen (secondary N) is 1. The summed E-state index contributed by atoms with van der Waals surface area (Å²) in [5.74, 6) is 0.473. The van der Waals surface area contributed by atoms with Gasteiger partial charge < -0.3 is 9.88 Å². The molecule has 2 aliphatic heterocycles. The van der Waals surface area contributed by atoms with Gasteiger partial charge in [-0.2, -0.15) is 0 Å². The van der Waals surface area contributed by atoms with Crippen LogP contribution in [0.25, 0.3) is 17.0 Å². The van der Waals surface area contributed by atoms with Crippen molar-refractivity contribution in [1.29, 1.82) is 0 Å². The Morgan fingerprint density at radius 1 is 1.10 bits per heavy atom. The second-order valence-electron chi connectivity index (χ2n) is 11.8. The van der Waals surface area contributed by atoms with Crippen molar-refractivity contribution in [2.75, 3.05) is 18.0 Å². The number of aromatic amines is 1. The Kier molecular flexibility index (Phi) is 7.28. The number of amidine groups is 1. The van der Waals surface area contributed by atoms with Gasteiger partial charge in [0, 0.05) is 41.4 Å². The number of rotatable bonds is 6. The average Bonchev–Trinajstić information content (AvgIpc) is 3.49. The van der Waals surface area contributed by atoms with Gasteiger partial charge in [0.2, 0.25) is 0 Å². The first-order chi connectivity index (χ1) is 19.7. The number of amides is 1. The maximum absolute atomic E-state index is 13.9. The van der Waals surface area contributed by atoms with Crippen LogP contribution in [0, 0.1) is 6.92 Å². The number of thioether (sulfide) groups is 1. The second kappa shape index (κ2) is 10.9. The number of carbonyl (C=O) groups excluding carboxylic acids is 1. The number of hydrogen-bond acceptors (Lipinski definition) is 4. The first kappa shape index (κ1) is 27.4.